The largest absolute Gasteiger partial charge is 0.338 e. The van der Waals surface area contributed by atoms with Crippen LogP contribution in [0.1, 0.15) is 34.6 Å². The van der Waals surface area contributed by atoms with Crippen molar-refractivity contribution in [2.75, 3.05) is 27.2 Å². The number of rotatable bonds is 6. The lowest BCUT2D eigenvalue weighted by Gasteiger charge is -2.36. The Morgan fingerprint density at radius 1 is 1.06 bits per heavy atom. The summed E-state index contributed by atoms with van der Waals surface area (Å²) in [4.78, 5) is 15.9. The molecule has 1 amide bonds. The minimum absolute atomic E-state index is 0.189. The van der Waals surface area contributed by atoms with E-state index in [0.29, 0.717) is 17.9 Å². The molecule has 0 aliphatic heterocycles. The van der Waals surface area contributed by atoms with Crippen molar-refractivity contribution >= 4 is 5.91 Å². The minimum atomic E-state index is 0.189. The number of hydrogen-bond acceptors (Lipinski definition) is 2. The SMILES string of the molecule is CC(=O)N(CC(C)C)C(CN(C)C)C(C)C. The number of amides is 1. The summed E-state index contributed by atoms with van der Waals surface area (Å²) in [6.07, 6.45) is 0. The van der Waals surface area contributed by atoms with Crippen LogP contribution in [0.15, 0.2) is 0 Å². The molecule has 3 nitrogen and oxygen atoms in total. The van der Waals surface area contributed by atoms with E-state index >= 15 is 0 Å². The van der Waals surface area contributed by atoms with Gasteiger partial charge < -0.3 is 9.80 Å². The predicted molar refractivity (Wildman–Crippen MR) is 69.4 cm³/mol. The Labute approximate surface area is 101 Å². The first-order chi connectivity index (χ1) is 7.25. The highest BCUT2D eigenvalue weighted by molar-refractivity contribution is 5.73. The quantitative estimate of drug-likeness (QED) is 0.695. The van der Waals surface area contributed by atoms with Crippen LogP contribution in [0.5, 0.6) is 0 Å². The molecular formula is C13H28N2O. The van der Waals surface area contributed by atoms with Gasteiger partial charge in [0.1, 0.15) is 0 Å². The zero-order chi connectivity index (χ0) is 12.9. The van der Waals surface area contributed by atoms with Gasteiger partial charge in [0.2, 0.25) is 5.91 Å². The molecule has 1 atom stereocenters. The monoisotopic (exact) mass is 228 g/mol. The average molecular weight is 228 g/mol. The summed E-state index contributed by atoms with van der Waals surface area (Å²) < 4.78 is 0. The Morgan fingerprint density at radius 3 is 1.81 bits per heavy atom. The molecule has 0 heterocycles. The van der Waals surface area contributed by atoms with Gasteiger partial charge in [-0.1, -0.05) is 27.7 Å². The molecule has 16 heavy (non-hydrogen) atoms. The fraction of sp³-hybridized carbons (Fsp3) is 0.923. The Bertz CT molecular complexity index is 212. The first-order valence-electron chi connectivity index (χ1n) is 6.17. The average Bonchev–Trinajstić information content (AvgIpc) is 2.09. The van der Waals surface area contributed by atoms with Crippen LogP contribution in [0.2, 0.25) is 0 Å². The van der Waals surface area contributed by atoms with Crippen LogP contribution >= 0.6 is 0 Å². The summed E-state index contributed by atoms with van der Waals surface area (Å²) in [6, 6.07) is 0.315. The second-order valence-corrected chi connectivity index (χ2v) is 5.64. The van der Waals surface area contributed by atoms with E-state index in [9.17, 15) is 4.79 Å². The van der Waals surface area contributed by atoms with Gasteiger partial charge in [-0.25, -0.2) is 0 Å². The predicted octanol–water partition coefficient (Wildman–Crippen LogP) is 2.08. The number of carbonyl (C=O) groups excluding carboxylic acids is 1. The molecular weight excluding hydrogens is 200 g/mol. The van der Waals surface area contributed by atoms with E-state index in [4.69, 9.17) is 0 Å². The minimum Gasteiger partial charge on any atom is -0.338 e. The third-order valence-corrected chi connectivity index (χ3v) is 2.69. The first kappa shape index (κ1) is 15.4. The summed E-state index contributed by atoms with van der Waals surface area (Å²) in [7, 11) is 4.12. The van der Waals surface area contributed by atoms with Crippen LogP contribution in [0.25, 0.3) is 0 Å². The van der Waals surface area contributed by atoms with Crippen molar-refractivity contribution in [3.05, 3.63) is 0 Å². The van der Waals surface area contributed by atoms with E-state index in [1.807, 2.05) is 4.90 Å². The maximum atomic E-state index is 11.7. The molecule has 0 spiro atoms. The van der Waals surface area contributed by atoms with E-state index in [1.165, 1.54) is 0 Å². The fourth-order valence-electron chi connectivity index (χ4n) is 1.93. The lowest BCUT2D eigenvalue weighted by Crippen LogP contribution is -2.49. The molecule has 0 aromatic heterocycles. The van der Waals surface area contributed by atoms with Crippen LogP contribution in [0.3, 0.4) is 0 Å². The van der Waals surface area contributed by atoms with Gasteiger partial charge in [-0.2, -0.15) is 0 Å². The molecule has 0 bridgehead atoms. The van der Waals surface area contributed by atoms with E-state index in [-0.39, 0.29) is 5.91 Å². The lowest BCUT2D eigenvalue weighted by atomic mass is 10.0. The maximum Gasteiger partial charge on any atom is 0.219 e. The number of nitrogens with zero attached hydrogens (tertiary/aromatic N) is 2. The standard InChI is InChI=1S/C13H28N2O/c1-10(2)8-15(12(5)16)13(11(3)4)9-14(6)7/h10-11,13H,8-9H2,1-7H3. The van der Waals surface area contributed by atoms with Crippen molar-refractivity contribution in [1.82, 2.24) is 9.80 Å². The van der Waals surface area contributed by atoms with E-state index in [1.54, 1.807) is 6.92 Å². The summed E-state index contributed by atoms with van der Waals surface area (Å²) in [6.45, 7) is 12.1. The molecule has 96 valence electrons. The molecule has 0 saturated carbocycles. The molecule has 0 aliphatic rings. The molecule has 0 aromatic rings. The lowest BCUT2D eigenvalue weighted by molar-refractivity contribution is -0.133. The van der Waals surface area contributed by atoms with Crippen LogP contribution in [-0.2, 0) is 4.79 Å². The molecule has 3 heteroatoms. The molecule has 0 saturated heterocycles. The van der Waals surface area contributed by atoms with Gasteiger partial charge in [-0.3, -0.25) is 4.79 Å². The summed E-state index contributed by atoms with van der Waals surface area (Å²) in [5.74, 6) is 1.20. The molecule has 0 radical (unpaired) electrons. The Hall–Kier alpha value is -0.570. The molecule has 0 aromatic carbocycles. The molecule has 1 unspecified atom stereocenters. The highest BCUT2D eigenvalue weighted by Gasteiger charge is 2.24. The van der Waals surface area contributed by atoms with E-state index in [0.717, 1.165) is 13.1 Å². The summed E-state index contributed by atoms with van der Waals surface area (Å²) in [5.41, 5.74) is 0. The third kappa shape index (κ3) is 5.50. The van der Waals surface area contributed by atoms with Gasteiger partial charge in [0, 0.05) is 26.1 Å². The van der Waals surface area contributed by atoms with Crippen LogP contribution in [-0.4, -0.2) is 48.9 Å². The smallest absolute Gasteiger partial charge is 0.219 e. The number of carbonyl (C=O) groups is 1. The summed E-state index contributed by atoms with van der Waals surface area (Å²) in [5, 5.41) is 0. The molecule has 0 fully saturated rings. The topological polar surface area (TPSA) is 23.6 Å². The Balaban J connectivity index is 4.72. The van der Waals surface area contributed by atoms with Crippen LogP contribution in [0, 0.1) is 11.8 Å². The highest BCUT2D eigenvalue weighted by atomic mass is 16.2. The van der Waals surface area contributed by atoms with E-state index in [2.05, 4.69) is 46.7 Å². The normalized spacial score (nSPS) is 13.6. The van der Waals surface area contributed by atoms with Gasteiger partial charge in [-0.05, 0) is 25.9 Å². The van der Waals surface area contributed by atoms with Crippen molar-refractivity contribution in [3.63, 3.8) is 0 Å². The van der Waals surface area contributed by atoms with Gasteiger partial charge in [-0.15, -0.1) is 0 Å². The molecule has 0 aliphatic carbocycles. The van der Waals surface area contributed by atoms with Crippen LogP contribution < -0.4 is 0 Å². The fourth-order valence-corrected chi connectivity index (χ4v) is 1.93. The van der Waals surface area contributed by atoms with E-state index < -0.39 is 0 Å². The van der Waals surface area contributed by atoms with Gasteiger partial charge in [0.15, 0.2) is 0 Å². The summed E-state index contributed by atoms with van der Waals surface area (Å²) >= 11 is 0. The number of hydrogen-bond donors (Lipinski definition) is 0. The Kier molecular flexibility index (Phi) is 6.65. The zero-order valence-corrected chi connectivity index (χ0v) is 11.9. The van der Waals surface area contributed by atoms with Crippen LogP contribution in [0.4, 0.5) is 0 Å². The number of likely N-dealkylation sites (N-methyl/N-ethyl adjacent to an activating group) is 1. The maximum absolute atomic E-state index is 11.7. The molecule has 0 rings (SSSR count). The second-order valence-electron chi connectivity index (χ2n) is 5.64. The van der Waals surface area contributed by atoms with Gasteiger partial charge >= 0.3 is 0 Å². The van der Waals surface area contributed by atoms with Crippen molar-refractivity contribution < 1.29 is 4.79 Å². The van der Waals surface area contributed by atoms with Crippen molar-refractivity contribution in [1.29, 1.82) is 0 Å². The Morgan fingerprint density at radius 2 is 1.56 bits per heavy atom. The van der Waals surface area contributed by atoms with Crippen molar-refractivity contribution in [2.45, 2.75) is 40.7 Å². The first-order valence-corrected chi connectivity index (χ1v) is 6.17. The second kappa shape index (κ2) is 6.89. The van der Waals surface area contributed by atoms with Gasteiger partial charge in [0.05, 0.1) is 0 Å². The highest BCUT2D eigenvalue weighted by Crippen LogP contribution is 2.14. The zero-order valence-electron chi connectivity index (χ0n) is 11.9. The molecule has 0 N–H and O–H groups in total. The van der Waals surface area contributed by atoms with Crippen molar-refractivity contribution in [2.24, 2.45) is 11.8 Å². The van der Waals surface area contributed by atoms with Crippen molar-refractivity contribution in [3.8, 4) is 0 Å². The third-order valence-electron chi connectivity index (χ3n) is 2.69. The van der Waals surface area contributed by atoms with Gasteiger partial charge in [0.25, 0.3) is 0 Å².